The van der Waals surface area contributed by atoms with Gasteiger partial charge in [-0.15, -0.1) is 0 Å². The van der Waals surface area contributed by atoms with Crippen LogP contribution >= 0.6 is 11.6 Å². The van der Waals surface area contributed by atoms with E-state index in [0.717, 1.165) is 16.8 Å². The van der Waals surface area contributed by atoms with E-state index in [9.17, 15) is 4.79 Å². The Morgan fingerprint density at radius 3 is 2.60 bits per heavy atom. The Morgan fingerprint density at radius 2 is 1.88 bits per heavy atom. The Morgan fingerprint density at radius 1 is 1.16 bits per heavy atom. The number of nitrogens with one attached hydrogen (secondary N) is 1. The summed E-state index contributed by atoms with van der Waals surface area (Å²) < 4.78 is 1.82. The molecule has 2 heterocycles. The van der Waals surface area contributed by atoms with Gasteiger partial charge in [-0.05, 0) is 43.2 Å². The lowest BCUT2D eigenvalue weighted by atomic mass is 10.1. The molecule has 0 aliphatic heterocycles. The molecule has 0 atom stereocenters. The Kier molecular flexibility index (Phi) is 5.14. The molecule has 0 fully saturated rings. The number of rotatable bonds is 5. The van der Waals surface area contributed by atoms with Crippen LogP contribution in [0.1, 0.15) is 32.9 Å². The topological polar surface area (TPSA) is 59.8 Å². The van der Waals surface area contributed by atoms with E-state index in [2.05, 4.69) is 15.4 Å². The Hall–Kier alpha value is -2.66. The van der Waals surface area contributed by atoms with Gasteiger partial charge in [0.1, 0.15) is 0 Å². The van der Waals surface area contributed by atoms with Gasteiger partial charge in [-0.3, -0.25) is 14.5 Å². The predicted octanol–water partition coefficient (Wildman–Crippen LogP) is 3.53. The van der Waals surface area contributed by atoms with Crippen LogP contribution in [-0.2, 0) is 13.1 Å². The van der Waals surface area contributed by atoms with Crippen molar-refractivity contribution in [3.8, 4) is 0 Å². The summed E-state index contributed by atoms with van der Waals surface area (Å²) >= 11 is 6.23. The molecule has 0 aliphatic rings. The van der Waals surface area contributed by atoms with Gasteiger partial charge in [-0.2, -0.15) is 5.10 Å². The van der Waals surface area contributed by atoms with Crippen molar-refractivity contribution in [3.63, 3.8) is 0 Å². The second-order valence-electron chi connectivity index (χ2n) is 5.83. The maximum Gasteiger partial charge on any atom is 0.255 e. The first-order valence-corrected chi connectivity index (χ1v) is 8.38. The molecule has 1 N–H and O–H groups in total. The molecule has 3 rings (SSSR count). The number of carbonyl (C=O) groups excluding carboxylic acids is 1. The summed E-state index contributed by atoms with van der Waals surface area (Å²) in [6.07, 6.45) is 3.42. The smallest absolute Gasteiger partial charge is 0.255 e. The molecular formula is C19H19ClN4O. The van der Waals surface area contributed by atoms with Crippen molar-refractivity contribution in [3.05, 3.63) is 81.9 Å². The van der Waals surface area contributed by atoms with Gasteiger partial charge in [0.15, 0.2) is 0 Å². The van der Waals surface area contributed by atoms with Crippen molar-refractivity contribution in [1.82, 2.24) is 20.1 Å². The molecule has 0 unspecified atom stereocenters. The summed E-state index contributed by atoms with van der Waals surface area (Å²) in [6.45, 7) is 4.73. The second kappa shape index (κ2) is 7.49. The van der Waals surface area contributed by atoms with E-state index in [0.29, 0.717) is 29.4 Å². The lowest BCUT2D eigenvalue weighted by Gasteiger charge is -2.08. The molecule has 128 valence electrons. The lowest BCUT2D eigenvalue weighted by molar-refractivity contribution is 0.0949. The van der Waals surface area contributed by atoms with Crippen molar-refractivity contribution in [1.29, 1.82) is 0 Å². The largest absolute Gasteiger partial charge is 0.348 e. The molecule has 0 spiro atoms. The maximum absolute atomic E-state index is 12.6. The Bertz CT molecular complexity index is 890. The van der Waals surface area contributed by atoms with Gasteiger partial charge in [0.2, 0.25) is 0 Å². The first-order chi connectivity index (χ1) is 12.1. The van der Waals surface area contributed by atoms with Gasteiger partial charge in [0, 0.05) is 29.7 Å². The highest BCUT2D eigenvalue weighted by atomic mass is 35.5. The third-order valence-electron chi connectivity index (χ3n) is 4.09. The average molecular weight is 355 g/mol. The zero-order valence-corrected chi connectivity index (χ0v) is 14.9. The standard InChI is InChI=1S/C19H19ClN4O/c1-13-18(19(25)22-11-15-7-9-21-10-8-15)14(2)24(23-13)12-16-5-3-4-6-17(16)20/h3-10H,11-12H2,1-2H3,(H,22,25). The highest BCUT2D eigenvalue weighted by Gasteiger charge is 2.18. The van der Waals surface area contributed by atoms with Crippen molar-refractivity contribution < 1.29 is 4.79 Å². The molecule has 6 heteroatoms. The summed E-state index contributed by atoms with van der Waals surface area (Å²) in [5.74, 6) is -0.128. The first kappa shape index (κ1) is 17.2. The van der Waals surface area contributed by atoms with Crippen LogP contribution in [0.3, 0.4) is 0 Å². The molecule has 25 heavy (non-hydrogen) atoms. The van der Waals surface area contributed by atoms with Gasteiger partial charge < -0.3 is 5.32 Å². The van der Waals surface area contributed by atoms with Gasteiger partial charge in [-0.1, -0.05) is 29.8 Å². The van der Waals surface area contributed by atoms with E-state index in [-0.39, 0.29) is 5.91 Å². The number of hydrogen-bond donors (Lipinski definition) is 1. The minimum atomic E-state index is -0.128. The second-order valence-corrected chi connectivity index (χ2v) is 6.24. The molecule has 5 nitrogen and oxygen atoms in total. The monoisotopic (exact) mass is 354 g/mol. The fraction of sp³-hybridized carbons (Fsp3) is 0.211. The molecule has 2 aromatic heterocycles. The summed E-state index contributed by atoms with van der Waals surface area (Å²) in [6, 6.07) is 11.4. The number of benzene rings is 1. The highest BCUT2D eigenvalue weighted by Crippen LogP contribution is 2.19. The van der Waals surface area contributed by atoms with Crippen molar-refractivity contribution in [2.45, 2.75) is 26.9 Å². The molecule has 3 aromatic rings. The molecule has 1 amide bonds. The molecular weight excluding hydrogens is 336 g/mol. The zero-order chi connectivity index (χ0) is 17.8. The van der Waals surface area contributed by atoms with Crippen LogP contribution in [0.15, 0.2) is 48.8 Å². The Balaban J connectivity index is 1.77. The van der Waals surface area contributed by atoms with Gasteiger partial charge in [-0.25, -0.2) is 0 Å². The van der Waals surface area contributed by atoms with E-state index in [1.54, 1.807) is 12.4 Å². The number of pyridine rings is 1. The first-order valence-electron chi connectivity index (χ1n) is 8.00. The molecule has 0 bridgehead atoms. The molecule has 0 radical (unpaired) electrons. The molecule has 1 aromatic carbocycles. The normalized spacial score (nSPS) is 10.7. The van der Waals surface area contributed by atoms with Gasteiger partial charge >= 0.3 is 0 Å². The average Bonchev–Trinajstić information content (AvgIpc) is 2.89. The quantitative estimate of drug-likeness (QED) is 0.762. The number of nitrogens with zero attached hydrogens (tertiary/aromatic N) is 3. The number of hydrogen-bond acceptors (Lipinski definition) is 3. The number of halogens is 1. The minimum Gasteiger partial charge on any atom is -0.348 e. The van der Waals surface area contributed by atoms with E-state index in [1.807, 2.05) is 54.9 Å². The zero-order valence-electron chi connectivity index (χ0n) is 14.2. The highest BCUT2D eigenvalue weighted by molar-refractivity contribution is 6.31. The summed E-state index contributed by atoms with van der Waals surface area (Å²) in [5.41, 5.74) is 4.11. The number of carbonyl (C=O) groups is 1. The van der Waals surface area contributed by atoms with Crippen LogP contribution < -0.4 is 5.32 Å². The molecule has 0 aliphatic carbocycles. The van der Waals surface area contributed by atoms with Gasteiger partial charge in [0.25, 0.3) is 5.91 Å². The van der Waals surface area contributed by atoms with Crippen LogP contribution in [0.25, 0.3) is 0 Å². The Labute approximate surface area is 151 Å². The number of aromatic nitrogens is 3. The van der Waals surface area contributed by atoms with Crippen LogP contribution in [0.4, 0.5) is 0 Å². The summed E-state index contributed by atoms with van der Waals surface area (Å²) in [4.78, 5) is 16.6. The molecule has 0 saturated carbocycles. The van der Waals surface area contributed by atoms with E-state index in [1.165, 1.54) is 0 Å². The number of amides is 1. The fourth-order valence-corrected chi connectivity index (χ4v) is 2.93. The van der Waals surface area contributed by atoms with Crippen molar-refractivity contribution in [2.75, 3.05) is 0 Å². The van der Waals surface area contributed by atoms with E-state index < -0.39 is 0 Å². The van der Waals surface area contributed by atoms with Crippen molar-refractivity contribution >= 4 is 17.5 Å². The summed E-state index contributed by atoms with van der Waals surface area (Å²) in [7, 11) is 0. The lowest BCUT2D eigenvalue weighted by Crippen LogP contribution is -2.24. The van der Waals surface area contributed by atoms with Crippen LogP contribution in [-0.4, -0.2) is 20.7 Å². The fourth-order valence-electron chi connectivity index (χ4n) is 2.74. The van der Waals surface area contributed by atoms with Crippen LogP contribution in [0, 0.1) is 13.8 Å². The van der Waals surface area contributed by atoms with E-state index >= 15 is 0 Å². The summed E-state index contributed by atoms with van der Waals surface area (Å²) in [5, 5.41) is 8.14. The maximum atomic E-state index is 12.6. The number of aryl methyl sites for hydroxylation is 1. The predicted molar refractivity (Wildman–Crippen MR) is 97.7 cm³/mol. The SMILES string of the molecule is Cc1nn(Cc2ccccc2Cl)c(C)c1C(=O)NCc1ccncc1. The molecule has 0 saturated heterocycles. The third kappa shape index (κ3) is 3.88. The van der Waals surface area contributed by atoms with Crippen LogP contribution in [0.5, 0.6) is 0 Å². The van der Waals surface area contributed by atoms with Crippen LogP contribution in [0.2, 0.25) is 5.02 Å². The van der Waals surface area contributed by atoms with Gasteiger partial charge in [0.05, 0.1) is 17.8 Å². The van der Waals surface area contributed by atoms with Crippen molar-refractivity contribution in [2.24, 2.45) is 0 Å². The third-order valence-corrected chi connectivity index (χ3v) is 4.46. The van der Waals surface area contributed by atoms with E-state index in [4.69, 9.17) is 11.6 Å². The minimum absolute atomic E-state index is 0.128.